The van der Waals surface area contributed by atoms with Crippen molar-refractivity contribution in [3.8, 4) is 0 Å². The minimum absolute atomic E-state index is 0.0471. The summed E-state index contributed by atoms with van der Waals surface area (Å²) in [5.41, 5.74) is 3.48. The van der Waals surface area contributed by atoms with E-state index in [0.717, 1.165) is 41.7 Å². The zero-order chi connectivity index (χ0) is 19.8. The van der Waals surface area contributed by atoms with Crippen molar-refractivity contribution in [2.24, 2.45) is 5.41 Å². The second kappa shape index (κ2) is 7.44. The third-order valence-electron chi connectivity index (χ3n) is 6.62. The monoisotopic (exact) mass is 412 g/mol. The number of fused-ring (bicyclic) bond motifs is 3. The van der Waals surface area contributed by atoms with Gasteiger partial charge in [-0.05, 0) is 46.9 Å². The van der Waals surface area contributed by atoms with E-state index >= 15 is 0 Å². The van der Waals surface area contributed by atoms with Crippen LogP contribution in [0.2, 0.25) is 5.02 Å². The number of tetrazole rings is 1. The fourth-order valence-electron chi connectivity index (χ4n) is 5.12. The SMILES string of the molecule is O=C(CC1(Cn2cnnn2)CCCCC1)N1CCc2[nH]c3ccc(Cl)cc3c2C1. The Kier molecular flexibility index (Phi) is 4.78. The molecule has 29 heavy (non-hydrogen) atoms. The van der Waals surface area contributed by atoms with Gasteiger partial charge in [0, 0.05) is 53.1 Å². The molecule has 0 bridgehead atoms. The summed E-state index contributed by atoms with van der Waals surface area (Å²) in [5, 5.41) is 13.4. The van der Waals surface area contributed by atoms with Gasteiger partial charge in [-0.3, -0.25) is 4.79 Å². The third kappa shape index (κ3) is 3.64. The van der Waals surface area contributed by atoms with Gasteiger partial charge in [0.1, 0.15) is 6.33 Å². The van der Waals surface area contributed by atoms with Crippen molar-refractivity contribution in [2.45, 2.75) is 58.0 Å². The molecular formula is C21H25ClN6O. The number of carbonyl (C=O) groups is 1. The van der Waals surface area contributed by atoms with Crippen LogP contribution in [0.25, 0.3) is 10.9 Å². The van der Waals surface area contributed by atoms with Gasteiger partial charge in [-0.2, -0.15) is 0 Å². The molecule has 1 fully saturated rings. The molecule has 0 atom stereocenters. The van der Waals surface area contributed by atoms with E-state index in [2.05, 4.69) is 20.5 Å². The van der Waals surface area contributed by atoms with Gasteiger partial charge in [-0.15, -0.1) is 5.10 Å². The molecule has 8 heteroatoms. The van der Waals surface area contributed by atoms with E-state index in [4.69, 9.17) is 11.6 Å². The van der Waals surface area contributed by atoms with E-state index in [9.17, 15) is 4.79 Å². The van der Waals surface area contributed by atoms with Gasteiger partial charge >= 0.3 is 0 Å². The van der Waals surface area contributed by atoms with Gasteiger partial charge in [-0.1, -0.05) is 30.9 Å². The first-order chi connectivity index (χ1) is 14.1. The first-order valence-corrected chi connectivity index (χ1v) is 10.8. The van der Waals surface area contributed by atoms with Crippen LogP contribution in [0.4, 0.5) is 0 Å². The van der Waals surface area contributed by atoms with E-state index < -0.39 is 0 Å². The van der Waals surface area contributed by atoms with Crippen LogP contribution in [0.3, 0.4) is 0 Å². The van der Waals surface area contributed by atoms with Gasteiger partial charge in [0.2, 0.25) is 5.91 Å². The summed E-state index contributed by atoms with van der Waals surface area (Å²) in [6.45, 7) is 2.12. The minimum Gasteiger partial charge on any atom is -0.358 e. The number of benzene rings is 1. The molecule has 2 aromatic heterocycles. The van der Waals surface area contributed by atoms with Gasteiger partial charge in [0.25, 0.3) is 0 Å². The molecule has 1 N–H and O–H groups in total. The molecule has 0 unspecified atom stereocenters. The van der Waals surface area contributed by atoms with Crippen molar-refractivity contribution in [1.29, 1.82) is 0 Å². The molecule has 1 aromatic carbocycles. The van der Waals surface area contributed by atoms with Gasteiger partial charge in [0.05, 0.1) is 6.54 Å². The zero-order valence-corrected chi connectivity index (χ0v) is 17.2. The van der Waals surface area contributed by atoms with Crippen LogP contribution >= 0.6 is 11.6 Å². The number of H-pyrrole nitrogens is 1. The van der Waals surface area contributed by atoms with Crippen LogP contribution in [0, 0.1) is 5.41 Å². The smallest absolute Gasteiger partial charge is 0.223 e. The van der Waals surface area contributed by atoms with E-state index in [1.807, 2.05) is 23.1 Å². The Hall–Kier alpha value is -2.41. The van der Waals surface area contributed by atoms with E-state index in [-0.39, 0.29) is 11.3 Å². The normalized spacial score (nSPS) is 18.7. The summed E-state index contributed by atoms with van der Waals surface area (Å²) in [6.07, 6.45) is 8.76. The van der Waals surface area contributed by atoms with Crippen molar-refractivity contribution in [2.75, 3.05) is 6.54 Å². The highest BCUT2D eigenvalue weighted by Gasteiger charge is 2.37. The number of aromatic amines is 1. The highest BCUT2D eigenvalue weighted by atomic mass is 35.5. The number of hydrogen-bond acceptors (Lipinski definition) is 4. The molecule has 1 aliphatic heterocycles. The Morgan fingerprint density at radius 3 is 2.90 bits per heavy atom. The molecule has 1 saturated carbocycles. The number of nitrogens with zero attached hydrogens (tertiary/aromatic N) is 5. The first kappa shape index (κ1) is 18.6. The maximum absolute atomic E-state index is 13.4. The number of halogens is 1. The fourth-order valence-corrected chi connectivity index (χ4v) is 5.29. The molecule has 0 spiro atoms. The zero-order valence-electron chi connectivity index (χ0n) is 16.4. The lowest BCUT2D eigenvalue weighted by atomic mass is 9.71. The van der Waals surface area contributed by atoms with Crippen molar-refractivity contribution in [3.63, 3.8) is 0 Å². The van der Waals surface area contributed by atoms with E-state index in [0.29, 0.717) is 19.5 Å². The van der Waals surface area contributed by atoms with Gasteiger partial charge < -0.3 is 9.88 Å². The number of nitrogens with one attached hydrogen (secondary N) is 1. The lowest BCUT2D eigenvalue weighted by molar-refractivity contribution is -0.135. The second-order valence-corrected chi connectivity index (χ2v) is 9.02. The summed E-state index contributed by atoms with van der Waals surface area (Å²) < 4.78 is 1.79. The van der Waals surface area contributed by atoms with Crippen molar-refractivity contribution in [1.82, 2.24) is 30.1 Å². The molecule has 0 saturated heterocycles. The highest BCUT2D eigenvalue weighted by Crippen LogP contribution is 2.41. The van der Waals surface area contributed by atoms with Crippen molar-refractivity contribution < 1.29 is 4.79 Å². The predicted octanol–water partition coefficient (Wildman–Crippen LogP) is 3.73. The molecule has 3 aromatic rings. The third-order valence-corrected chi connectivity index (χ3v) is 6.85. The summed E-state index contributed by atoms with van der Waals surface area (Å²) in [4.78, 5) is 18.9. The van der Waals surface area contributed by atoms with Gasteiger partial charge in [-0.25, -0.2) is 4.68 Å². The number of rotatable bonds is 4. The lowest BCUT2D eigenvalue weighted by Crippen LogP contribution is -2.41. The minimum atomic E-state index is -0.0471. The summed E-state index contributed by atoms with van der Waals surface area (Å²) in [6, 6.07) is 5.92. The number of hydrogen-bond donors (Lipinski definition) is 1. The largest absolute Gasteiger partial charge is 0.358 e. The lowest BCUT2D eigenvalue weighted by Gasteiger charge is -2.38. The van der Waals surface area contributed by atoms with Gasteiger partial charge in [0.15, 0.2) is 0 Å². The maximum Gasteiger partial charge on any atom is 0.223 e. The van der Waals surface area contributed by atoms with Crippen LogP contribution in [-0.2, 0) is 24.3 Å². The molecule has 1 amide bonds. The number of aromatic nitrogens is 5. The average molecular weight is 413 g/mol. The summed E-state index contributed by atoms with van der Waals surface area (Å²) in [7, 11) is 0. The van der Waals surface area contributed by atoms with E-state index in [1.54, 1.807) is 11.0 Å². The standard InChI is InChI=1S/C21H25ClN6O/c22-15-4-5-18-16(10-15)17-12-27(9-6-19(17)24-18)20(29)11-21(7-2-1-3-8-21)13-28-14-23-25-26-28/h4-5,10,14,24H,1-3,6-9,11-13H2. The summed E-state index contributed by atoms with van der Waals surface area (Å²) >= 11 is 6.22. The quantitative estimate of drug-likeness (QED) is 0.708. The van der Waals surface area contributed by atoms with Crippen molar-refractivity contribution in [3.05, 3.63) is 40.8 Å². The molecule has 3 heterocycles. The number of carbonyl (C=O) groups excluding carboxylic acids is 1. The molecule has 152 valence electrons. The molecular weight excluding hydrogens is 388 g/mol. The van der Waals surface area contributed by atoms with Crippen LogP contribution < -0.4 is 0 Å². The van der Waals surface area contributed by atoms with E-state index in [1.165, 1.54) is 30.5 Å². The van der Waals surface area contributed by atoms with Crippen molar-refractivity contribution >= 4 is 28.4 Å². The predicted molar refractivity (Wildman–Crippen MR) is 110 cm³/mol. The Balaban J connectivity index is 1.36. The van der Waals surface area contributed by atoms with Crippen LogP contribution in [0.5, 0.6) is 0 Å². The first-order valence-electron chi connectivity index (χ1n) is 10.4. The molecule has 1 aliphatic carbocycles. The number of amides is 1. The average Bonchev–Trinajstić information content (AvgIpc) is 3.35. The molecule has 2 aliphatic rings. The Bertz CT molecular complexity index is 1020. The Morgan fingerprint density at radius 1 is 1.24 bits per heavy atom. The maximum atomic E-state index is 13.4. The highest BCUT2D eigenvalue weighted by molar-refractivity contribution is 6.31. The van der Waals surface area contributed by atoms with Crippen LogP contribution in [0.15, 0.2) is 24.5 Å². The second-order valence-electron chi connectivity index (χ2n) is 8.58. The summed E-state index contributed by atoms with van der Waals surface area (Å²) in [5.74, 6) is 0.238. The Morgan fingerprint density at radius 2 is 2.10 bits per heavy atom. The fraction of sp³-hybridized carbons (Fsp3) is 0.524. The molecule has 7 nitrogen and oxygen atoms in total. The van der Waals surface area contributed by atoms with Crippen LogP contribution in [-0.4, -0.2) is 42.5 Å². The Labute approximate surface area is 174 Å². The molecule has 5 rings (SSSR count). The topological polar surface area (TPSA) is 79.7 Å². The van der Waals surface area contributed by atoms with Crippen LogP contribution in [0.1, 0.15) is 49.8 Å². The molecule has 0 radical (unpaired) electrons.